The first-order valence-corrected chi connectivity index (χ1v) is 7.48. The van der Waals surface area contributed by atoms with Gasteiger partial charge in [0.25, 0.3) is 5.91 Å². The number of likely N-dealkylation sites (N-methyl/N-ethyl adjacent to an activating group) is 1. The van der Waals surface area contributed by atoms with E-state index in [0.717, 1.165) is 5.69 Å². The van der Waals surface area contributed by atoms with Gasteiger partial charge in [0, 0.05) is 7.05 Å². The number of imide groups is 1. The summed E-state index contributed by atoms with van der Waals surface area (Å²) < 4.78 is 14.8. The Bertz CT molecular complexity index is 886. The fourth-order valence-corrected chi connectivity index (χ4v) is 3.05. The van der Waals surface area contributed by atoms with Gasteiger partial charge in [-0.1, -0.05) is 17.1 Å². The average Bonchev–Trinajstić information content (AvgIpc) is 3.07. The van der Waals surface area contributed by atoms with Gasteiger partial charge in [0.15, 0.2) is 0 Å². The molecule has 7 nitrogen and oxygen atoms in total. The highest BCUT2D eigenvalue weighted by Gasteiger charge is 2.52. The Kier molecular flexibility index (Phi) is 3.02. The van der Waals surface area contributed by atoms with Crippen molar-refractivity contribution in [1.29, 1.82) is 0 Å². The van der Waals surface area contributed by atoms with Crippen LogP contribution < -0.4 is 4.57 Å². The molecule has 8 heteroatoms. The highest BCUT2D eigenvalue weighted by molar-refractivity contribution is 6.18. The monoisotopic (exact) mass is 328 g/mol. The Morgan fingerprint density at radius 1 is 1.29 bits per heavy atom. The van der Waals surface area contributed by atoms with Crippen LogP contribution in [0.2, 0.25) is 0 Å². The Morgan fingerprint density at radius 2 is 2.00 bits per heavy atom. The number of aryl methyl sites for hydroxylation is 1. The molecule has 0 saturated carbocycles. The minimum atomic E-state index is -0.659. The van der Waals surface area contributed by atoms with Gasteiger partial charge in [0.05, 0.1) is 6.54 Å². The Morgan fingerprint density at radius 3 is 2.71 bits per heavy atom. The summed E-state index contributed by atoms with van der Waals surface area (Å²) in [5.74, 6) is 0.250. The molecular formula is C16H15FN5O2+. The van der Waals surface area contributed by atoms with Crippen LogP contribution in [0.15, 0.2) is 35.5 Å². The summed E-state index contributed by atoms with van der Waals surface area (Å²) in [7, 11) is 1.59. The lowest BCUT2D eigenvalue weighted by atomic mass is 10.1. The SMILES string of the molecule is Cc1c[n+]2c([nH]1)N=C1C2C(=O)N(Cc2ccc(F)cc2)C(=O)N1C. The number of hydrogen-bond donors (Lipinski definition) is 1. The number of rotatable bonds is 2. The number of fused-ring (bicyclic) bond motifs is 3. The minimum absolute atomic E-state index is 0.0887. The van der Waals surface area contributed by atoms with Gasteiger partial charge >= 0.3 is 12.0 Å². The fraction of sp³-hybridized carbons (Fsp3) is 0.250. The number of urea groups is 1. The fourth-order valence-electron chi connectivity index (χ4n) is 3.05. The molecule has 1 aromatic heterocycles. The van der Waals surface area contributed by atoms with E-state index in [2.05, 4.69) is 9.98 Å². The second kappa shape index (κ2) is 4.98. The molecule has 1 unspecified atom stereocenters. The van der Waals surface area contributed by atoms with Crippen molar-refractivity contribution in [3.05, 3.63) is 47.5 Å². The Labute approximate surface area is 137 Å². The molecule has 1 saturated heterocycles. The van der Waals surface area contributed by atoms with Crippen LogP contribution in [-0.2, 0) is 11.3 Å². The standard InChI is InChI=1S/C16H14FN5O2/c1-9-7-21-12-13(19-15(21)18-9)20(2)16(24)22(14(12)23)8-10-3-5-11(17)6-4-10/h3-7,12H,8H2,1-2H3/p+1. The van der Waals surface area contributed by atoms with Crippen molar-refractivity contribution in [3.63, 3.8) is 0 Å². The quantitative estimate of drug-likeness (QED) is 0.847. The van der Waals surface area contributed by atoms with Gasteiger partial charge in [0.1, 0.15) is 17.7 Å². The van der Waals surface area contributed by atoms with Gasteiger partial charge in [-0.15, -0.1) is 0 Å². The van der Waals surface area contributed by atoms with E-state index in [4.69, 9.17) is 0 Å². The number of hydrogen-bond acceptors (Lipinski definition) is 3. The number of nitrogens with one attached hydrogen (secondary N) is 1. The molecule has 24 heavy (non-hydrogen) atoms. The van der Waals surface area contributed by atoms with Crippen LogP contribution in [-0.4, -0.2) is 39.6 Å². The molecule has 4 rings (SSSR count). The molecule has 1 atom stereocenters. The summed E-state index contributed by atoms with van der Waals surface area (Å²) in [5, 5.41) is 0. The van der Waals surface area contributed by atoms with Crippen LogP contribution in [0.3, 0.4) is 0 Å². The first kappa shape index (κ1) is 14.6. The van der Waals surface area contributed by atoms with Crippen molar-refractivity contribution in [2.45, 2.75) is 19.5 Å². The second-order valence-corrected chi connectivity index (χ2v) is 5.93. The maximum atomic E-state index is 13.0. The van der Waals surface area contributed by atoms with Gasteiger partial charge < -0.3 is 0 Å². The predicted molar refractivity (Wildman–Crippen MR) is 82.0 cm³/mol. The third kappa shape index (κ3) is 2.03. The maximum absolute atomic E-state index is 13.0. The lowest BCUT2D eigenvalue weighted by Gasteiger charge is -2.33. The topological polar surface area (TPSA) is 72.6 Å². The van der Waals surface area contributed by atoms with E-state index in [1.807, 2.05) is 6.92 Å². The molecule has 0 bridgehead atoms. The third-order valence-corrected chi connectivity index (χ3v) is 4.24. The highest BCUT2D eigenvalue weighted by Crippen LogP contribution is 2.27. The number of H-pyrrole nitrogens is 1. The first-order valence-electron chi connectivity index (χ1n) is 7.48. The van der Waals surface area contributed by atoms with Crippen molar-refractivity contribution in [1.82, 2.24) is 14.8 Å². The lowest BCUT2D eigenvalue weighted by Crippen LogP contribution is -2.62. The van der Waals surface area contributed by atoms with E-state index in [1.54, 1.807) is 29.9 Å². The number of amides is 3. The Balaban J connectivity index is 1.70. The summed E-state index contributed by atoms with van der Waals surface area (Å²) in [6.07, 6.45) is 1.80. The summed E-state index contributed by atoms with van der Waals surface area (Å²) >= 11 is 0. The summed E-state index contributed by atoms with van der Waals surface area (Å²) in [6, 6.07) is 4.64. The number of imidazole rings is 1. The molecule has 122 valence electrons. The molecule has 1 fully saturated rings. The summed E-state index contributed by atoms with van der Waals surface area (Å²) in [6.45, 7) is 1.96. The van der Waals surface area contributed by atoms with Crippen LogP contribution in [0.1, 0.15) is 17.3 Å². The van der Waals surface area contributed by atoms with Crippen LogP contribution in [0.5, 0.6) is 0 Å². The molecule has 2 aromatic rings. The number of carbonyl (C=O) groups excluding carboxylic acids is 2. The number of nitrogens with zero attached hydrogens (tertiary/aromatic N) is 4. The van der Waals surface area contributed by atoms with Crippen molar-refractivity contribution in [2.75, 3.05) is 7.05 Å². The second-order valence-electron chi connectivity index (χ2n) is 5.93. The average molecular weight is 328 g/mol. The van der Waals surface area contributed by atoms with Crippen molar-refractivity contribution in [2.24, 2.45) is 4.99 Å². The first-order chi connectivity index (χ1) is 11.5. The molecule has 1 aromatic carbocycles. The zero-order chi connectivity index (χ0) is 17.0. The molecule has 2 aliphatic rings. The molecule has 3 heterocycles. The van der Waals surface area contributed by atoms with Crippen molar-refractivity contribution < 1.29 is 18.5 Å². The number of aromatic nitrogens is 2. The Hall–Kier alpha value is -3.03. The minimum Gasteiger partial charge on any atom is -0.270 e. The van der Waals surface area contributed by atoms with Gasteiger partial charge in [0.2, 0.25) is 11.9 Å². The number of halogens is 1. The summed E-state index contributed by atoms with van der Waals surface area (Å²) in [5.41, 5.74) is 1.56. The van der Waals surface area contributed by atoms with Gasteiger partial charge in [-0.3, -0.25) is 14.6 Å². The van der Waals surface area contributed by atoms with E-state index in [0.29, 0.717) is 17.3 Å². The van der Waals surface area contributed by atoms with Crippen molar-refractivity contribution in [3.8, 4) is 0 Å². The molecule has 1 N–H and O–H groups in total. The van der Waals surface area contributed by atoms with Gasteiger partial charge in [-0.25, -0.2) is 18.7 Å². The van der Waals surface area contributed by atoms with Crippen LogP contribution >= 0.6 is 0 Å². The molecule has 0 radical (unpaired) electrons. The number of carbonyl (C=O) groups is 2. The highest BCUT2D eigenvalue weighted by atomic mass is 19.1. The normalized spacial score (nSPS) is 19.5. The molecule has 2 aliphatic heterocycles. The van der Waals surface area contributed by atoms with Crippen LogP contribution in [0.25, 0.3) is 0 Å². The van der Waals surface area contributed by atoms with Crippen LogP contribution in [0, 0.1) is 12.7 Å². The molecular weight excluding hydrogens is 313 g/mol. The van der Waals surface area contributed by atoms with E-state index >= 15 is 0 Å². The smallest absolute Gasteiger partial charge is 0.270 e. The lowest BCUT2D eigenvalue weighted by molar-refractivity contribution is -0.676. The third-order valence-electron chi connectivity index (χ3n) is 4.24. The largest absolute Gasteiger partial charge is 0.399 e. The molecule has 0 aliphatic carbocycles. The summed E-state index contributed by atoms with van der Waals surface area (Å²) in [4.78, 5) is 35.4. The zero-order valence-electron chi connectivity index (χ0n) is 13.2. The van der Waals surface area contributed by atoms with Crippen LogP contribution in [0.4, 0.5) is 15.1 Å². The number of amidine groups is 1. The number of aliphatic imine (C=N–C) groups is 1. The molecule has 0 spiro atoms. The van der Waals surface area contributed by atoms with Gasteiger partial charge in [-0.05, 0) is 24.6 Å². The molecule has 3 amide bonds. The van der Waals surface area contributed by atoms with E-state index < -0.39 is 12.1 Å². The van der Waals surface area contributed by atoms with E-state index in [1.165, 1.54) is 21.9 Å². The zero-order valence-corrected chi connectivity index (χ0v) is 13.2. The number of benzene rings is 1. The van der Waals surface area contributed by atoms with Crippen molar-refractivity contribution >= 4 is 23.7 Å². The number of aromatic amines is 1. The van der Waals surface area contributed by atoms with E-state index in [-0.39, 0.29) is 18.3 Å². The maximum Gasteiger partial charge on any atom is 0.399 e. The van der Waals surface area contributed by atoms with Gasteiger partial charge in [-0.2, -0.15) is 0 Å². The van der Waals surface area contributed by atoms with E-state index in [9.17, 15) is 14.0 Å². The predicted octanol–water partition coefficient (Wildman–Crippen LogP) is 1.43.